The van der Waals surface area contributed by atoms with Crippen molar-refractivity contribution < 1.29 is 9.59 Å². The van der Waals surface area contributed by atoms with Crippen LogP contribution in [0.4, 0.5) is 4.79 Å². The van der Waals surface area contributed by atoms with Crippen LogP contribution in [0.5, 0.6) is 0 Å². The number of hydrogen-bond acceptors (Lipinski definition) is 4. The second-order valence-corrected chi connectivity index (χ2v) is 6.90. The lowest BCUT2D eigenvalue weighted by molar-refractivity contribution is -0.136. The van der Waals surface area contributed by atoms with E-state index >= 15 is 0 Å². The Labute approximate surface area is 143 Å². The molecule has 2 fully saturated rings. The molecule has 24 heavy (non-hydrogen) atoms. The standard InChI is InChI=1S/C18H26N4O2/c1-4-22-17(24)21(13-15-7-5-6-10-19-15)16(23)18(22)8-11-20(12-9-18)14(2)3/h5-7,10,14H,4,8-9,11-13H2,1-3H3. The molecule has 130 valence electrons. The van der Waals surface area contributed by atoms with Crippen molar-refractivity contribution in [2.24, 2.45) is 0 Å². The highest BCUT2D eigenvalue weighted by Gasteiger charge is 2.57. The number of piperidine rings is 1. The molecule has 0 radical (unpaired) electrons. The van der Waals surface area contributed by atoms with E-state index in [1.54, 1.807) is 11.1 Å². The predicted octanol–water partition coefficient (Wildman–Crippen LogP) is 2.11. The number of aromatic nitrogens is 1. The fourth-order valence-electron chi connectivity index (χ4n) is 3.91. The summed E-state index contributed by atoms with van der Waals surface area (Å²) in [5.41, 5.74) is 0.0818. The van der Waals surface area contributed by atoms with Gasteiger partial charge in [0.15, 0.2) is 0 Å². The van der Waals surface area contributed by atoms with Gasteiger partial charge in [-0.1, -0.05) is 6.07 Å². The first kappa shape index (κ1) is 16.9. The van der Waals surface area contributed by atoms with Gasteiger partial charge < -0.3 is 9.80 Å². The quantitative estimate of drug-likeness (QED) is 0.794. The van der Waals surface area contributed by atoms with Crippen LogP contribution in [-0.4, -0.2) is 62.8 Å². The average molecular weight is 330 g/mol. The number of likely N-dealkylation sites (N-methyl/N-ethyl adjacent to an activating group) is 1. The van der Waals surface area contributed by atoms with E-state index in [0.717, 1.165) is 18.8 Å². The van der Waals surface area contributed by atoms with Gasteiger partial charge in [0, 0.05) is 31.9 Å². The summed E-state index contributed by atoms with van der Waals surface area (Å²) in [7, 11) is 0. The van der Waals surface area contributed by atoms with E-state index in [2.05, 4.69) is 23.7 Å². The maximum atomic E-state index is 13.2. The van der Waals surface area contributed by atoms with Gasteiger partial charge in [0.2, 0.25) is 0 Å². The van der Waals surface area contributed by atoms with Crippen LogP contribution >= 0.6 is 0 Å². The van der Waals surface area contributed by atoms with Crippen molar-refractivity contribution in [1.82, 2.24) is 19.7 Å². The number of carbonyl (C=O) groups is 2. The largest absolute Gasteiger partial charge is 0.328 e. The Kier molecular flexibility index (Phi) is 4.58. The molecule has 1 aromatic heterocycles. The Morgan fingerprint density at radius 1 is 1.21 bits per heavy atom. The molecular weight excluding hydrogens is 304 g/mol. The maximum Gasteiger partial charge on any atom is 0.328 e. The lowest BCUT2D eigenvalue weighted by Gasteiger charge is -2.43. The van der Waals surface area contributed by atoms with Crippen LogP contribution in [0.1, 0.15) is 39.3 Å². The lowest BCUT2D eigenvalue weighted by atomic mass is 9.85. The number of likely N-dealkylation sites (tertiary alicyclic amines) is 1. The van der Waals surface area contributed by atoms with Crippen molar-refractivity contribution in [2.75, 3.05) is 19.6 Å². The lowest BCUT2D eigenvalue weighted by Crippen LogP contribution is -2.57. The van der Waals surface area contributed by atoms with Crippen molar-refractivity contribution in [1.29, 1.82) is 0 Å². The number of rotatable bonds is 4. The molecule has 0 N–H and O–H groups in total. The summed E-state index contributed by atoms with van der Waals surface area (Å²) < 4.78 is 0. The van der Waals surface area contributed by atoms with Crippen LogP contribution in [0.3, 0.4) is 0 Å². The number of amides is 3. The van der Waals surface area contributed by atoms with E-state index in [1.165, 1.54) is 4.90 Å². The minimum atomic E-state index is -0.661. The summed E-state index contributed by atoms with van der Waals surface area (Å²) in [5.74, 6) is -0.0524. The van der Waals surface area contributed by atoms with Gasteiger partial charge >= 0.3 is 6.03 Å². The van der Waals surface area contributed by atoms with Crippen LogP contribution in [-0.2, 0) is 11.3 Å². The Balaban J connectivity index is 1.83. The van der Waals surface area contributed by atoms with Gasteiger partial charge in [-0.3, -0.25) is 14.7 Å². The fourth-order valence-corrected chi connectivity index (χ4v) is 3.91. The molecule has 2 aliphatic heterocycles. The Hall–Kier alpha value is -1.95. The van der Waals surface area contributed by atoms with E-state index in [-0.39, 0.29) is 18.5 Å². The molecule has 0 saturated carbocycles. The fraction of sp³-hybridized carbons (Fsp3) is 0.611. The minimum absolute atomic E-state index is 0.0524. The summed E-state index contributed by atoms with van der Waals surface area (Å²) in [5, 5.41) is 0. The van der Waals surface area contributed by atoms with Crippen molar-refractivity contribution >= 4 is 11.9 Å². The molecule has 3 amide bonds. The monoisotopic (exact) mass is 330 g/mol. The number of urea groups is 1. The average Bonchev–Trinajstić information content (AvgIpc) is 2.77. The van der Waals surface area contributed by atoms with Crippen LogP contribution in [0.25, 0.3) is 0 Å². The number of imide groups is 1. The number of hydrogen-bond donors (Lipinski definition) is 0. The third kappa shape index (κ3) is 2.69. The van der Waals surface area contributed by atoms with Gasteiger partial charge in [-0.05, 0) is 45.7 Å². The van der Waals surface area contributed by atoms with E-state index in [0.29, 0.717) is 25.4 Å². The van der Waals surface area contributed by atoms with Crippen LogP contribution in [0, 0.1) is 0 Å². The number of pyridine rings is 1. The SMILES string of the molecule is CCN1C(=O)N(Cc2ccccn2)C(=O)C12CCN(C(C)C)CC2. The molecule has 2 aliphatic rings. The molecule has 0 aliphatic carbocycles. The molecule has 0 atom stereocenters. The van der Waals surface area contributed by atoms with Crippen molar-refractivity contribution in [3.8, 4) is 0 Å². The second kappa shape index (κ2) is 6.51. The Bertz CT molecular complexity index is 609. The van der Waals surface area contributed by atoms with Gasteiger partial charge in [-0.15, -0.1) is 0 Å². The number of carbonyl (C=O) groups excluding carboxylic acids is 2. The van der Waals surface area contributed by atoms with Gasteiger partial charge in [-0.25, -0.2) is 4.79 Å². The molecule has 3 rings (SSSR count). The van der Waals surface area contributed by atoms with Crippen molar-refractivity contribution in [2.45, 2.75) is 51.7 Å². The molecule has 1 aromatic rings. The summed E-state index contributed by atoms with van der Waals surface area (Å²) in [4.78, 5) is 35.8. The zero-order valence-corrected chi connectivity index (χ0v) is 14.7. The first-order chi connectivity index (χ1) is 11.5. The molecule has 6 nitrogen and oxygen atoms in total. The summed E-state index contributed by atoms with van der Waals surface area (Å²) in [6.07, 6.45) is 3.11. The zero-order chi connectivity index (χ0) is 17.3. The van der Waals surface area contributed by atoms with E-state index in [1.807, 2.05) is 25.1 Å². The molecule has 6 heteroatoms. The third-order valence-electron chi connectivity index (χ3n) is 5.34. The van der Waals surface area contributed by atoms with Gasteiger partial charge in [-0.2, -0.15) is 0 Å². The second-order valence-electron chi connectivity index (χ2n) is 6.90. The zero-order valence-electron chi connectivity index (χ0n) is 14.7. The summed E-state index contributed by atoms with van der Waals surface area (Å²) in [6.45, 7) is 8.81. The van der Waals surface area contributed by atoms with Gasteiger partial charge in [0.1, 0.15) is 5.54 Å². The highest BCUT2D eigenvalue weighted by atomic mass is 16.2. The molecule has 1 spiro atoms. The normalized spacial score (nSPS) is 21.3. The van der Waals surface area contributed by atoms with E-state index in [4.69, 9.17) is 0 Å². The number of nitrogens with zero attached hydrogens (tertiary/aromatic N) is 4. The molecular formula is C18H26N4O2. The highest BCUT2D eigenvalue weighted by Crippen LogP contribution is 2.38. The van der Waals surface area contributed by atoms with E-state index in [9.17, 15) is 9.59 Å². The van der Waals surface area contributed by atoms with Crippen LogP contribution in [0.15, 0.2) is 24.4 Å². The Morgan fingerprint density at radius 2 is 1.92 bits per heavy atom. The predicted molar refractivity (Wildman–Crippen MR) is 91.2 cm³/mol. The molecule has 0 bridgehead atoms. The smallest absolute Gasteiger partial charge is 0.310 e. The Morgan fingerprint density at radius 3 is 2.46 bits per heavy atom. The van der Waals surface area contributed by atoms with Gasteiger partial charge in [0.25, 0.3) is 5.91 Å². The molecule has 0 unspecified atom stereocenters. The highest BCUT2D eigenvalue weighted by molar-refractivity contribution is 6.07. The van der Waals surface area contributed by atoms with Gasteiger partial charge in [0.05, 0.1) is 12.2 Å². The first-order valence-corrected chi connectivity index (χ1v) is 8.77. The first-order valence-electron chi connectivity index (χ1n) is 8.77. The molecule has 0 aromatic carbocycles. The summed E-state index contributed by atoms with van der Waals surface area (Å²) in [6, 6.07) is 5.85. The van der Waals surface area contributed by atoms with Crippen LogP contribution in [0.2, 0.25) is 0 Å². The maximum absolute atomic E-state index is 13.2. The van der Waals surface area contributed by atoms with E-state index < -0.39 is 5.54 Å². The van der Waals surface area contributed by atoms with Crippen LogP contribution < -0.4 is 0 Å². The topological polar surface area (TPSA) is 56.8 Å². The minimum Gasteiger partial charge on any atom is -0.310 e. The molecule has 2 saturated heterocycles. The summed E-state index contributed by atoms with van der Waals surface area (Å²) >= 11 is 0. The van der Waals surface area contributed by atoms with Crippen molar-refractivity contribution in [3.63, 3.8) is 0 Å². The van der Waals surface area contributed by atoms with Crippen molar-refractivity contribution in [3.05, 3.63) is 30.1 Å². The molecule has 3 heterocycles. The third-order valence-corrected chi connectivity index (χ3v) is 5.34.